The van der Waals surface area contributed by atoms with Crippen LogP contribution in [-0.2, 0) is 4.79 Å². The van der Waals surface area contributed by atoms with Gasteiger partial charge < -0.3 is 4.74 Å². The fraction of sp³-hybridized carbons (Fsp3) is 0. The number of hydrogen-bond acceptors (Lipinski definition) is 2. The van der Waals surface area contributed by atoms with Crippen LogP contribution in [0.4, 0.5) is 0 Å². The van der Waals surface area contributed by atoms with E-state index in [1.165, 1.54) is 0 Å². The SMILES string of the molecule is C=CC(=O)Oc1ccc(Br)cc1Br. The number of hydrogen-bond donors (Lipinski definition) is 0. The molecule has 0 unspecified atom stereocenters. The summed E-state index contributed by atoms with van der Waals surface area (Å²) >= 11 is 6.55. The predicted octanol–water partition coefficient (Wildman–Crippen LogP) is 3.30. The third-order valence-electron chi connectivity index (χ3n) is 1.27. The van der Waals surface area contributed by atoms with E-state index in [9.17, 15) is 4.79 Å². The number of carbonyl (C=O) groups excluding carboxylic acids is 1. The van der Waals surface area contributed by atoms with Crippen LogP contribution < -0.4 is 4.74 Å². The maximum atomic E-state index is 10.8. The van der Waals surface area contributed by atoms with Crippen molar-refractivity contribution in [2.24, 2.45) is 0 Å². The summed E-state index contributed by atoms with van der Waals surface area (Å²) in [5.74, 6) is 0.0103. The fourth-order valence-electron chi connectivity index (χ4n) is 0.708. The molecular formula is C9H6Br2O2. The van der Waals surface area contributed by atoms with Crippen molar-refractivity contribution in [3.05, 3.63) is 39.8 Å². The Morgan fingerprint density at radius 2 is 2.15 bits per heavy atom. The second-order valence-corrected chi connectivity index (χ2v) is 3.97. The van der Waals surface area contributed by atoms with Crippen molar-refractivity contribution < 1.29 is 9.53 Å². The van der Waals surface area contributed by atoms with Crippen LogP contribution in [0.2, 0.25) is 0 Å². The van der Waals surface area contributed by atoms with Gasteiger partial charge in [0, 0.05) is 10.5 Å². The summed E-state index contributed by atoms with van der Waals surface area (Å²) in [4.78, 5) is 10.8. The average molecular weight is 306 g/mol. The number of halogens is 2. The highest BCUT2D eigenvalue weighted by molar-refractivity contribution is 9.11. The summed E-state index contributed by atoms with van der Waals surface area (Å²) in [6.45, 7) is 3.30. The summed E-state index contributed by atoms with van der Waals surface area (Å²) in [7, 11) is 0. The standard InChI is InChI=1S/C9H6Br2O2/c1-2-9(12)13-8-4-3-6(10)5-7(8)11/h2-5H,1H2. The fourth-order valence-corrected chi connectivity index (χ4v) is 1.84. The molecule has 0 radical (unpaired) electrons. The first-order valence-corrected chi connectivity index (χ1v) is 5.01. The lowest BCUT2D eigenvalue weighted by atomic mass is 10.3. The highest BCUT2D eigenvalue weighted by atomic mass is 79.9. The molecule has 0 aliphatic carbocycles. The number of benzene rings is 1. The molecule has 0 aliphatic rings. The number of carbonyl (C=O) groups is 1. The Morgan fingerprint density at radius 3 is 2.69 bits per heavy atom. The molecule has 0 bridgehead atoms. The Kier molecular flexibility index (Phi) is 3.69. The van der Waals surface area contributed by atoms with Crippen LogP contribution in [0.3, 0.4) is 0 Å². The molecule has 0 N–H and O–H groups in total. The smallest absolute Gasteiger partial charge is 0.335 e. The van der Waals surface area contributed by atoms with Gasteiger partial charge in [-0.15, -0.1) is 0 Å². The van der Waals surface area contributed by atoms with Crippen LogP contribution >= 0.6 is 31.9 Å². The lowest BCUT2D eigenvalue weighted by Crippen LogP contribution is -2.03. The molecule has 1 rings (SSSR count). The van der Waals surface area contributed by atoms with Gasteiger partial charge in [0.25, 0.3) is 0 Å². The first-order chi connectivity index (χ1) is 6.13. The van der Waals surface area contributed by atoms with Gasteiger partial charge >= 0.3 is 5.97 Å². The Labute approximate surface area is 92.8 Å². The molecule has 0 aliphatic heterocycles. The molecule has 4 heteroatoms. The van der Waals surface area contributed by atoms with E-state index in [2.05, 4.69) is 38.4 Å². The molecule has 0 heterocycles. The number of esters is 1. The molecule has 0 saturated heterocycles. The van der Waals surface area contributed by atoms with Gasteiger partial charge in [0.15, 0.2) is 0 Å². The molecule has 68 valence electrons. The van der Waals surface area contributed by atoms with E-state index in [1.54, 1.807) is 18.2 Å². The molecule has 0 saturated carbocycles. The number of rotatable bonds is 2. The normalized spacial score (nSPS) is 9.38. The Hall–Kier alpha value is -0.610. The van der Waals surface area contributed by atoms with Crippen molar-refractivity contribution in [3.63, 3.8) is 0 Å². The summed E-state index contributed by atoms with van der Waals surface area (Å²) in [5.41, 5.74) is 0. The van der Waals surface area contributed by atoms with Crippen molar-refractivity contribution in [1.29, 1.82) is 0 Å². The van der Waals surface area contributed by atoms with Gasteiger partial charge in [0.1, 0.15) is 5.75 Å². The average Bonchev–Trinajstić information content (AvgIpc) is 2.09. The maximum absolute atomic E-state index is 10.8. The highest BCUT2D eigenvalue weighted by Gasteiger charge is 2.04. The van der Waals surface area contributed by atoms with E-state index in [4.69, 9.17) is 4.74 Å². The topological polar surface area (TPSA) is 26.3 Å². The van der Waals surface area contributed by atoms with Crippen LogP contribution in [0.25, 0.3) is 0 Å². The third kappa shape index (κ3) is 2.97. The van der Waals surface area contributed by atoms with Crippen LogP contribution in [0, 0.1) is 0 Å². The summed E-state index contributed by atoms with van der Waals surface area (Å²) in [5, 5.41) is 0. The van der Waals surface area contributed by atoms with Gasteiger partial charge in [-0.1, -0.05) is 22.5 Å². The maximum Gasteiger partial charge on any atom is 0.335 e. The summed E-state index contributed by atoms with van der Waals surface area (Å²) in [6.07, 6.45) is 1.12. The molecule has 2 nitrogen and oxygen atoms in total. The minimum atomic E-state index is -0.469. The molecule has 1 aromatic rings. The predicted molar refractivity (Wildman–Crippen MR) is 57.7 cm³/mol. The van der Waals surface area contributed by atoms with E-state index in [0.29, 0.717) is 5.75 Å². The monoisotopic (exact) mass is 304 g/mol. The second-order valence-electron chi connectivity index (χ2n) is 2.20. The first kappa shape index (κ1) is 10.5. The Balaban J connectivity index is 2.89. The largest absolute Gasteiger partial charge is 0.422 e. The molecule has 0 atom stereocenters. The zero-order valence-electron chi connectivity index (χ0n) is 6.59. The molecule has 1 aromatic carbocycles. The quantitative estimate of drug-likeness (QED) is 0.476. The molecular weight excluding hydrogens is 300 g/mol. The van der Waals surface area contributed by atoms with Gasteiger partial charge in [0.05, 0.1) is 4.47 Å². The van der Waals surface area contributed by atoms with Gasteiger partial charge in [-0.2, -0.15) is 0 Å². The van der Waals surface area contributed by atoms with Gasteiger partial charge in [-0.3, -0.25) is 0 Å². The van der Waals surface area contributed by atoms with Crippen LogP contribution in [0.1, 0.15) is 0 Å². The van der Waals surface area contributed by atoms with Crippen LogP contribution in [0.5, 0.6) is 5.75 Å². The van der Waals surface area contributed by atoms with Crippen molar-refractivity contribution in [3.8, 4) is 5.75 Å². The van der Waals surface area contributed by atoms with Gasteiger partial charge in [-0.25, -0.2) is 4.79 Å². The van der Waals surface area contributed by atoms with E-state index >= 15 is 0 Å². The minimum absolute atomic E-state index is 0.469. The Bertz CT molecular complexity index is 347. The van der Waals surface area contributed by atoms with Crippen molar-refractivity contribution >= 4 is 37.8 Å². The lowest BCUT2D eigenvalue weighted by molar-refractivity contribution is -0.129. The molecule has 0 fully saturated rings. The zero-order chi connectivity index (χ0) is 9.84. The third-order valence-corrected chi connectivity index (χ3v) is 2.38. The second kappa shape index (κ2) is 4.58. The van der Waals surface area contributed by atoms with Crippen molar-refractivity contribution in [2.45, 2.75) is 0 Å². The van der Waals surface area contributed by atoms with E-state index in [0.717, 1.165) is 15.0 Å². The van der Waals surface area contributed by atoms with E-state index in [-0.39, 0.29) is 0 Å². The molecule has 0 spiro atoms. The lowest BCUT2D eigenvalue weighted by Gasteiger charge is -2.03. The molecule has 13 heavy (non-hydrogen) atoms. The Morgan fingerprint density at radius 1 is 1.46 bits per heavy atom. The molecule has 0 amide bonds. The minimum Gasteiger partial charge on any atom is -0.422 e. The van der Waals surface area contributed by atoms with Crippen molar-refractivity contribution in [1.82, 2.24) is 0 Å². The van der Waals surface area contributed by atoms with E-state index < -0.39 is 5.97 Å². The number of ether oxygens (including phenoxy) is 1. The summed E-state index contributed by atoms with van der Waals surface area (Å²) < 4.78 is 6.56. The first-order valence-electron chi connectivity index (χ1n) is 3.43. The highest BCUT2D eigenvalue weighted by Crippen LogP contribution is 2.28. The van der Waals surface area contributed by atoms with Crippen LogP contribution in [-0.4, -0.2) is 5.97 Å². The van der Waals surface area contributed by atoms with E-state index in [1.807, 2.05) is 0 Å². The van der Waals surface area contributed by atoms with Gasteiger partial charge in [-0.05, 0) is 34.1 Å². The van der Waals surface area contributed by atoms with Gasteiger partial charge in [0.2, 0.25) is 0 Å². The zero-order valence-corrected chi connectivity index (χ0v) is 9.76. The summed E-state index contributed by atoms with van der Waals surface area (Å²) in [6, 6.07) is 5.28. The van der Waals surface area contributed by atoms with Crippen molar-refractivity contribution in [2.75, 3.05) is 0 Å². The molecule has 0 aromatic heterocycles. The van der Waals surface area contributed by atoms with Crippen LogP contribution in [0.15, 0.2) is 39.8 Å².